The molecule has 0 aliphatic carbocycles. The van der Waals surface area contributed by atoms with E-state index >= 15 is 0 Å². The Morgan fingerprint density at radius 3 is 2.30 bits per heavy atom. The summed E-state index contributed by atoms with van der Waals surface area (Å²) in [6.07, 6.45) is 4.11. The molecule has 2 aromatic carbocycles. The molecular weight excluding hydrogens is 508 g/mol. The highest BCUT2D eigenvalue weighted by atomic mass is 16.5. The van der Waals surface area contributed by atoms with Crippen LogP contribution in [-0.2, 0) is 14.3 Å². The minimum atomic E-state index is -0.703. The molecule has 0 aromatic heterocycles. The van der Waals surface area contributed by atoms with Gasteiger partial charge in [0.2, 0.25) is 0 Å². The van der Waals surface area contributed by atoms with E-state index in [0.29, 0.717) is 50.8 Å². The van der Waals surface area contributed by atoms with Crippen molar-refractivity contribution in [2.75, 3.05) is 52.6 Å². The molecule has 0 spiro atoms. The summed E-state index contributed by atoms with van der Waals surface area (Å²) in [6.45, 7) is 11.1. The fourth-order valence-corrected chi connectivity index (χ4v) is 5.18. The van der Waals surface area contributed by atoms with E-state index in [9.17, 15) is 14.7 Å². The van der Waals surface area contributed by atoms with Crippen LogP contribution in [0.4, 0.5) is 0 Å². The van der Waals surface area contributed by atoms with Crippen molar-refractivity contribution < 1.29 is 28.9 Å². The van der Waals surface area contributed by atoms with Crippen molar-refractivity contribution in [1.82, 2.24) is 9.80 Å². The van der Waals surface area contributed by atoms with Crippen LogP contribution >= 0.6 is 0 Å². The van der Waals surface area contributed by atoms with E-state index in [4.69, 9.17) is 14.2 Å². The van der Waals surface area contributed by atoms with Gasteiger partial charge in [0.25, 0.3) is 11.7 Å². The van der Waals surface area contributed by atoms with Crippen LogP contribution in [0.15, 0.2) is 48.0 Å². The topological polar surface area (TPSA) is 88.5 Å². The molecule has 1 amide bonds. The van der Waals surface area contributed by atoms with Gasteiger partial charge in [-0.25, -0.2) is 0 Å². The molecule has 2 aromatic rings. The second-order valence-electron chi connectivity index (χ2n) is 10.4. The Balaban J connectivity index is 1.66. The highest BCUT2D eigenvalue weighted by Crippen LogP contribution is 2.40. The quantitative estimate of drug-likeness (QED) is 0.161. The van der Waals surface area contributed by atoms with Crippen LogP contribution in [-0.4, -0.2) is 79.2 Å². The average Bonchev–Trinajstić information content (AvgIpc) is 3.23. The number of morpholine rings is 1. The Morgan fingerprint density at radius 2 is 1.62 bits per heavy atom. The minimum absolute atomic E-state index is 0.105. The van der Waals surface area contributed by atoms with Crippen molar-refractivity contribution in [3.8, 4) is 11.5 Å². The summed E-state index contributed by atoms with van der Waals surface area (Å²) in [5, 5.41) is 11.5. The molecule has 0 radical (unpaired) electrons. The number of benzene rings is 2. The van der Waals surface area contributed by atoms with E-state index in [0.717, 1.165) is 55.6 Å². The number of hydrogen-bond acceptors (Lipinski definition) is 7. The fourth-order valence-electron chi connectivity index (χ4n) is 5.18. The van der Waals surface area contributed by atoms with Gasteiger partial charge in [0.15, 0.2) is 0 Å². The summed E-state index contributed by atoms with van der Waals surface area (Å²) in [7, 11) is 0. The number of aliphatic hydroxyl groups is 1. The Hall–Kier alpha value is -3.36. The van der Waals surface area contributed by atoms with E-state index in [1.165, 1.54) is 0 Å². The number of rotatable bonds is 13. The van der Waals surface area contributed by atoms with E-state index in [1.54, 1.807) is 17.0 Å². The molecule has 2 aliphatic rings. The van der Waals surface area contributed by atoms with Crippen LogP contribution < -0.4 is 9.47 Å². The number of carbonyl (C=O) groups is 2. The molecule has 1 unspecified atom stereocenters. The van der Waals surface area contributed by atoms with Gasteiger partial charge in [-0.1, -0.05) is 38.8 Å². The first-order valence-corrected chi connectivity index (χ1v) is 14.5. The highest BCUT2D eigenvalue weighted by Gasteiger charge is 2.46. The molecule has 2 fully saturated rings. The van der Waals surface area contributed by atoms with E-state index in [1.807, 2.05) is 44.2 Å². The van der Waals surface area contributed by atoms with Crippen LogP contribution in [0.25, 0.3) is 5.76 Å². The van der Waals surface area contributed by atoms with Crippen molar-refractivity contribution in [2.24, 2.45) is 0 Å². The molecule has 8 nitrogen and oxygen atoms in total. The lowest BCUT2D eigenvalue weighted by atomic mass is 9.94. The smallest absolute Gasteiger partial charge is 0.295 e. The Kier molecular flexibility index (Phi) is 10.6. The third kappa shape index (κ3) is 7.04. The maximum atomic E-state index is 13.5. The number of carbonyl (C=O) groups excluding carboxylic acids is 2. The zero-order valence-electron chi connectivity index (χ0n) is 24.0. The molecule has 8 heteroatoms. The first-order valence-electron chi connectivity index (χ1n) is 14.5. The molecule has 1 atom stereocenters. The van der Waals surface area contributed by atoms with Gasteiger partial charge in [-0.05, 0) is 61.2 Å². The number of hydrogen-bond donors (Lipinski definition) is 1. The number of likely N-dealkylation sites (tertiary alicyclic amines) is 1. The zero-order valence-corrected chi connectivity index (χ0v) is 24.0. The molecule has 216 valence electrons. The van der Waals surface area contributed by atoms with Crippen molar-refractivity contribution in [2.45, 2.75) is 52.5 Å². The number of nitrogens with zero attached hydrogens (tertiary/aromatic N) is 2. The lowest BCUT2D eigenvalue weighted by molar-refractivity contribution is -0.140. The Morgan fingerprint density at radius 1 is 0.925 bits per heavy atom. The minimum Gasteiger partial charge on any atom is -0.507 e. The number of amides is 1. The number of ketones is 1. The average molecular weight is 551 g/mol. The van der Waals surface area contributed by atoms with Gasteiger partial charge in [-0.3, -0.25) is 14.5 Å². The van der Waals surface area contributed by atoms with Gasteiger partial charge < -0.3 is 24.2 Å². The van der Waals surface area contributed by atoms with Crippen LogP contribution in [0.1, 0.15) is 62.3 Å². The number of ether oxygens (including phenoxy) is 3. The maximum absolute atomic E-state index is 13.5. The molecule has 2 saturated heterocycles. The first-order chi connectivity index (χ1) is 19.4. The summed E-state index contributed by atoms with van der Waals surface area (Å²) >= 11 is 0. The number of unbranched alkanes of at least 4 members (excludes halogenated alkanes) is 2. The Labute approximate surface area is 237 Å². The SMILES string of the molecule is CCCCCOc1ccc(C2/C(=C(\O)c3ccc(OCCC)cc3C)C(=O)C(=O)N2CCN2CCOCC2)cc1. The third-order valence-electron chi connectivity index (χ3n) is 7.44. The molecule has 1 N–H and O–H groups in total. The maximum Gasteiger partial charge on any atom is 0.295 e. The van der Waals surface area contributed by atoms with Crippen molar-refractivity contribution in [3.05, 3.63) is 64.7 Å². The van der Waals surface area contributed by atoms with Crippen LogP contribution in [0.5, 0.6) is 11.5 Å². The number of aliphatic hydroxyl groups excluding tert-OH is 1. The van der Waals surface area contributed by atoms with E-state index in [2.05, 4.69) is 11.8 Å². The molecule has 2 aliphatic heterocycles. The van der Waals surface area contributed by atoms with E-state index < -0.39 is 17.7 Å². The Bertz CT molecular complexity index is 1190. The molecule has 4 rings (SSSR count). The highest BCUT2D eigenvalue weighted by molar-refractivity contribution is 6.46. The van der Waals surface area contributed by atoms with Crippen LogP contribution in [0.2, 0.25) is 0 Å². The summed E-state index contributed by atoms with van der Waals surface area (Å²) < 4.78 is 17.1. The predicted octanol–water partition coefficient (Wildman–Crippen LogP) is 5.11. The molecule has 2 heterocycles. The van der Waals surface area contributed by atoms with Crippen molar-refractivity contribution in [1.29, 1.82) is 0 Å². The number of aryl methyl sites for hydroxylation is 1. The van der Waals surface area contributed by atoms with Gasteiger partial charge in [-0.2, -0.15) is 0 Å². The second kappa shape index (κ2) is 14.3. The van der Waals surface area contributed by atoms with Gasteiger partial charge in [0, 0.05) is 31.7 Å². The molecular formula is C32H42N2O6. The van der Waals surface area contributed by atoms with Crippen LogP contribution in [0.3, 0.4) is 0 Å². The van der Waals surface area contributed by atoms with Crippen molar-refractivity contribution in [3.63, 3.8) is 0 Å². The van der Waals surface area contributed by atoms with Gasteiger partial charge in [0.1, 0.15) is 17.3 Å². The van der Waals surface area contributed by atoms with Crippen LogP contribution in [0, 0.1) is 6.92 Å². The monoisotopic (exact) mass is 550 g/mol. The van der Waals surface area contributed by atoms with Gasteiger partial charge in [-0.15, -0.1) is 0 Å². The summed E-state index contributed by atoms with van der Waals surface area (Å²) in [4.78, 5) is 30.7. The largest absolute Gasteiger partial charge is 0.507 e. The fraction of sp³-hybridized carbons (Fsp3) is 0.500. The summed E-state index contributed by atoms with van der Waals surface area (Å²) in [5.41, 5.74) is 2.13. The van der Waals surface area contributed by atoms with Gasteiger partial charge in [0.05, 0.1) is 38.0 Å². The lowest BCUT2D eigenvalue weighted by Crippen LogP contribution is -2.42. The summed E-state index contributed by atoms with van der Waals surface area (Å²) in [6, 6.07) is 12.2. The second-order valence-corrected chi connectivity index (χ2v) is 10.4. The molecule has 40 heavy (non-hydrogen) atoms. The third-order valence-corrected chi connectivity index (χ3v) is 7.44. The standard InChI is InChI=1S/C32H42N2O6/c1-4-6-7-19-40-25-10-8-24(9-11-25)29-28(30(35)27-13-12-26(22-23(27)3)39-18-5-2)31(36)32(37)34(29)15-14-33-16-20-38-21-17-33/h8-13,22,29,35H,4-7,14-21H2,1-3H3/b30-28+. The van der Waals surface area contributed by atoms with Gasteiger partial charge >= 0.3 is 0 Å². The van der Waals surface area contributed by atoms with E-state index in [-0.39, 0.29) is 11.3 Å². The summed E-state index contributed by atoms with van der Waals surface area (Å²) in [5.74, 6) is 0.00330. The number of Topliss-reactive ketones (excluding diaryl/α,β-unsaturated/α-hetero) is 1. The molecule has 0 saturated carbocycles. The predicted molar refractivity (Wildman–Crippen MR) is 155 cm³/mol. The first kappa shape index (κ1) is 29.6. The molecule has 0 bridgehead atoms. The normalized spacial score (nSPS) is 19.3. The van der Waals surface area contributed by atoms with Crippen molar-refractivity contribution >= 4 is 17.4 Å². The zero-order chi connectivity index (χ0) is 28.5. The lowest BCUT2D eigenvalue weighted by Gasteiger charge is -2.31.